The molecule has 6 nitrogen and oxygen atoms in total. The SMILES string of the molecule is Cc1ccc(C(=O)CSc2n[nH]c(-c3ccc4c(c3)OCO4)n2)cc1. The molecule has 126 valence electrons. The number of hydrogen-bond donors (Lipinski definition) is 1. The first-order chi connectivity index (χ1) is 12.2. The maximum atomic E-state index is 12.2. The van der Waals surface area contributed by atoms with Crippen molar-refractivity contribution in [1.82, 2.24) is 15.2 Å². The lowest BCUT2D eigenvalue weighted by molar-refractivity contribution is 0.102. The summed E-state index contributed by atoms with van der Waals surface area (Å²) in [6.45, 7) is 2.23. The van der Waals surface area contributed by atoms with Crippen molar-refractivity contribution in [3.63, 3.8) is 0 Å². The molecule has 25 heavy (non-hydrogen) atoms. The van der Waals surface area contributed by atoms with E-state index in [1.165, 1.54) is 11.8 Å². The molecule has 0 aliphatic carbocycles. The van der Waals surface area contributed by atoms with Crippen LogP contribution >= 0.6 is 11.8 Å². The fourth-order valence-electron chi connectivity index (χ4n) is 2.44. The lowest BCUT2D eigenvalue weighted by Crippen LogP contribution is -2.02. The molecule has 1 N–H and O–H groups in total. The summed E-state index contributed by atoms with van der Waals surface area (Å²) >= 11 is 1.31. The number of aromatic nitrogens is 3. The number of H-pyrrole nitrogens is 1. The molecule has 1 aliphatic rings. The van der Waals surface area contributed by atoms with E-state index in [1.54, 1.807) is 0 Å². The molecule has 1 aliphatic heterocycles. The first kappa shape index (κ1) is 15.7. The highest BCUT2D eigenvalue weighted by Crippen LogP contribution is 2.35. The van der Waals surface area contributed by atoms with Gasteiger partial charge in [-0.05, 0) is 25.1 Å². The fourth-order valence-corrected chi connectivity index (χ4v) is 3.13. The average Bonchev–Trinajstić information content (AvgIpc) is 3.28. The van der Waals surface area contributed by atoms with Gasteiger partial charge in [-0.3, -0.25) is 9.89 Å². The monoisotopic (exact) mass is 353 g/mol. The Balaban J connectivity index is 1.43. The third-order valence-corrected chi connectivity index (χ3v) is 4.66. The molecule has 4 rings (SSSR count). The highest BCUT2D eigenvalue weighted by molar-refractivity contribution is 7.99. The normalized spacial score (nSPS) is 12.4. The van der Waals surface area contributed by atoms with Crippen molar-refractivity contribution in [1.29, 1.82) is 0 Å². The van der Waals surface area contributed by atoms with E-state index in [9.17, 15) is 4.79 Å². The zero-order chi connectivity index (χ0) is 17.2. The van der Waals surface area contributed by atoms with Crippen molar-refractivity contribution in [2.24, 2.45) is 0 Å². The van der Waals surface area contributed by atoms with E-state index in [0.29, 0.717) is 28.0 Å². The number of carbonyl (C=O) groups excluding carboxylic acids is 1. The summed E-state index contributed by atoms with van der Waals surface area (Å²) in [6, 6.07) is 13.1. The van der Waals surface area contributed by atoms with Crippen molar-refractivity contribution < 1.29 is 14.3 Å². The van der Waals surface area contributed by atoms with Gasteiger partial charge in [0.15, 0.2) is 23.1 Å². The number of aromatic amines is 1. The van der Waals surface area contributed by atoms with Crippen LogP contribution in [0.25, 0.3) is 11.4 Å². The van der Waals surface area contributed by atoms with Crippen LogP contribution in [0.5, 0.6) is 11.5 Å². The number of nitrogens with one attached hydrogen (secondary N) is 1. The molecule has 0 atom stereocenters. The van der Waals surface area contributed by atoms with E-state index in [0.717, 1.165) is 16.9 Å². The molecule has 0 spiro atoms. The number of hydrogen-bond acceptors (Lipinski definition) is 6. The van der Waals surface area contributed by atoms with Crippen LogP contribution in [0.15, 0.2) is 47.6 Å². The predicted molar refractivity (Wildman–Crippen MR) is 94.2 cm³/mol. The zero-order valence-electron chi connectivity index (χ0n) is 13.5. The second-order valence-corrected chi connectivity index (χ2v) is 6.56. The van der Waals surface area contributed by atoms with Gasteiger partial charge in [-0.2, -0.15) is 0 Å². The highest BCUT2D eigenvalue weighted by atomic mass is 32.2. The third-order valence-electron chi connectivity index (χ3n) is 3.82. The number of Topliss-reactive ketones (excluding diaryl/α,β-unsaturated/α-hetero) is 1. The van der Waals surface area contributed by atoms with Crippen LogP contribution in [0, 0.1) is 6.92 Å². The van der Waals surface area contributed by atoms with E-state index < -0.39 is 0 Å². The van der Waals surface area contributed by atoms with E-state index >= 15 is 0 Å². The van der Waals surface area contributed by atoms with Gasteiger partial charge >= 0.3 is 0 Å². The number of thioether (sulfide) groups is 1. The van der Waals surface area contributed by atoms with Crippen LogP contribution in [0.3, 0.4) is 0 Å². The summed E-state index contributed by atoms with van der Waals surface area (Å²) in [6.07, 6.45) is 0. The molecule has 0 bridgehead atoms. The van der Waals surface area contributed by atoms with Gasteiger partial charge in [0, 0.05) is 11.1 Å². The average molecular weight is 353 g/mol. The summed E-state index contributed by atoms with van der Waals surface area (Å²) in [5.41, 5.74) is 2.68. The van der Waals surface area contributed by atoms with Gasteiger partial charge in [-0.25, -0.2) is 4.98 Å². The molecule has 0 radical (unpaired) electrons. The summed E-state index contributed by atoms with van der Waals surface area (Å²) in [7, 11) is 0. The van der Waals surface area contributed by atoms with Gasteiger partial charge in [0.25, 0.3) is 0 Å². The van der Waals surface area contributed by atoms with Crippen LogP contribution < -0.4 is 9.47 Å². The Kier molecular flexibility index (Phi) is 4.15. The zero-order valence-corrected chi connectivity index (χ0v) is 14.3. The number of ether oxygens (including phenoxy) is 2. The maximum absolute atomic E-state index is 12.2. The molecular weight excluding hydrogens is 338 g/mol. The third kappa shape index (κ3) is 3.36. The van der Waals surface area contributed by atoms with Crippen LogP contribution in [-0.2, 0) is 0 Å². The smallest absolute Gasteiger partial charge is 0.231 e. The Morgan fingerprint density at radius 1 is 1.16 bits per heavy atom. The van der Waals surface area contributed by atoms with Crippen LogP contribution in [0.2, 0.25) is 0 Å². The molecule has 0 unspecified atom stereocenters. The maximum Gasteiger partial charge on any atom is 0.231 e. The highest BCUT2D eigenvalue weighted by Gasteiger charge is 2.16. The Morgan fingerprint density at radius 2 is 1.96 bits per heavy atom. The Bertz CT molecular complexity index is 922. The molecule has 0 saturated heterocycles. The van der Waals surface area contributed by atoms with Crippen molar-refractivity contribution in [3.8, 4) is 22.9 Å². The molecule has 1 aromatic heterocycles. The molecule has 7 heteroatoms. The van der Waals surface area contributed by atoms with Gasteiger partial charge in [0.1, 0.15) is 0 Å². The number of aryl methyl sites for hydroxylation is 1. The van der Waals surface area contributed by atoms with Crippen molar-refractivity contribution in [3.05, 3.63) is 53.6 Å². The number of benzene rings is 2. The van der Waals surface area contributed by atoms with Crippen LogP contribution in [-0.4, -0.2) is 33.5 Å². The lowest BCUT2D eigenvalue weighted by Gasteiger charge is -2.00. The molecule has 0 saturated carbocycles. The van der Waals surface area contributed by atoms with Crippen molar-refractivity contribution >= 4 is 17.5 Å². The van der Waals surface area contributed by atoms with Gasteiger partial charge < -0.3 is 9.47 Å². The van der Waals surface area contributed by atoms with Gasteiger partial charge in [0.2, 0.25) is 11.9 Å². The Morgan fingerprint density at radius 3 is 2.80 bits per heavy atom. The summed E-state index contributed by atoms with van der Waals surface area (Å²) in [5, 5.41) is 7.60. The predicted octanol–water partition coefficient (Wildman–Crippen LogP) is 3.48. The minimum Gasteiger partial charge on any atom is -0.454 e. The molecule has 3 aromatic rings. The fraction of sp³-hybridized carbons (Fsp3) is 0.167. The topological polar surface area (TPSA) is 77.1 Å². The molecule has 2 aromatic carbocycles. The van der Waals surface area contributed by atoms with Gasteiger partial charge in [-0.1, -0.05) is 41.6 Å². The molecule has 0 amide bonds. The first-order valence-electron chi connectivity index (χ1n) is 7.74. The number of carbonyl (C=O) groups is 1. The van der Waals surface area contributed by atoms with Crippen molar-refractivity contribution in [2.75, 3.05) is 12.5 Å². The van der Waals surface area contributed by atoms with Gasteiger partial charge in [0.05, 0.1) is 5.75 Å². The molecule has 2 heterocycles. The van der Waals surface area contributed by atoms with Gasteiger partial charge in [-0.15, -0.1) is 5.10 Å². The number of rotatable bonds is 5. The van der Waals surface area contributed by atoms with E-state index in [1.807, 2.05) is 49.4 Å². The number of nitrogens with zero attached hydrogens (tertiary/aromatic N) is 2. The molecule has 0 fully saturated rings. The van der Waals surface area contributed by atoms with Crippen LogP contribution in [0.1, 0.15) is 15.9 Å². The summed E-state index contributed by atoms with van der Waals surface area (Å²) < 4.78 is 10.7. The second kappa shape index (κ2) is 6.60. The lowest BCUT2D eigenvalue weighted by atomic mass is 10.1. The molecular formula is C18H15N3O3S. The minimum absolute atomic E-state index is 0.0550. The largest absolute Gasteiger partial charge is 0.454 e. The van der Waals surface area contributed by atoms with Crippen molar-refractivity contribution in [2.45, 2.75) is 12.1 Å². The standard InChI is InChI=1S/C18H15N3O3S/c1-11-2-4-12(5-3-11)14(22)9-25-18-19-17(20-21-18)13-6-7-15-16(8-13)24-10-23-15/h2-8H,9-10H2,1H3,(H,19,20,21). The first-order valence-corrected chi connectivity index (χ1v) is 8.73. The number of fused-ring (bicyclic) bond motifs is 1. The van der Waals surface area contributed by atoms with E-state index in [2.05, 4.69) is 15.2 Å². The summed E-state index contributed by atoms with van der Waals surface area (Å²) in [5.74, 6) is 2.39. The Hall–Kier alpha value is -2.80. The van der Waals surface area contributed by atoms with E-state index in [4.69, 9.17) is 9.47 Å². The summed E-state index contributed by atoms with van der Waals surface area (Å²) in [4.78, 5) is 16.7. The quantitative estimate of drug-likeness (QED) is 0.559. The second-order valence-electron chi connectivity index (χ2n) is 5.61. The Labute approximate surface area is 148 Å². The minimum atomic E-state index is 0.0550. The van der Waals surface area contributed by atoms with E-state index in [-0.39, 0.29) is 12.6 Å². The number of ketones is 1. The van der Waals surface area contributed by atoms with Crippen LogP contribution in [0.4, 0.5) is 0 Å².